The van der Waals surface area contributed by atoms with E-state index in [1.54, 1.807) is 33.9 Å². The number of aryl methyl sites for hydroxylation is 1. The van der Waals surface area contributed by atoms with Crippen LogP contribution in [0.5, 0.6) is 5.75 Å². The lowest BCUT2D eigenvalue weighted by Gasteiger charge is -2.27. The Kier molecular flexibility index (Phi) is 5.49. The molecule has 2 aromatic rings. The fourth-order valence-corrected chi connectivity index (χ4v) is 5.40. The fraction of sp³-hybridized carbons (Fsp3) is 0.474. The van der Waals surface area contributed by atoms with Gasteiger partial charge in [-0.05, 0) is 50.5 Å². The van der Waals surface area contributed by atoms with E-state index in [1.165, 1.54) is 4.31 Å². The lowest BCUT2D eigenvalue weighted by atomic mass is 10.1. The van der Waals surface area contributed by atoms with Crippen LogP contribution in [-0.2, 0) is 27.7 Å². The number of methoxy groups -OCH3 is 1. The normalized spacial score (nSPS) is 14.6. The van der Waals surface area contributed by atoms with Crippen molar-refractivity contribution in [1.29, 1.82) is 0 Å². The number of hydrogen-bond donors (Lipinski definition) is 0. The minimum atomic E-state index is -3.79. The number of hydrogen-bond acceptors (Lipinski definition) is 7. The molecular weight excluding hydrogens is 384 g/mol. The monoisotopic (exact) mass is 408 g/mol. The van der Waals surface area contributed by atoms with E-state index >= 15 is 0 Å². The standard InChI is InChI=1S/C19H24N2O6S/c1-6-26-19(22)17-14-10-21(8-7-15(14)27-20-17)28(23,24)18-11(2)9-16(25-5)12(3)13(18)4/h9H,6-8,10H2,1-5H3. The zero-order valence-electron chi connectivity index (χ0n) is 16.7. The molecule has 9 heteroatoms. The Morgan fingerprint density at radius 3 is 2.64 bits per heavy atom. The Hall–Kier alpha value is -2.39. The van der Waals surface area contributed by atoms with Gasteiger partial charge in [0, 0.05) is 25.1 Å². The first-order valence-electron chi connectivity index (χ1n) is 9.01. The molecule has 1 aromatic heterocycles. The maximum atomic E-state index is 13.4. The topological polar surface area (TPSA) is 98.9 Å². The van der Waals surface area contributed by atoms with Crippen molar-refractivity contribution in [2.45, 2.75) is 45.6 Å². The van der Waals surface area contributed by atoms with Crippen LogP contribution in [-0.4, -0.2) is 44.1 Å². The van der Waals surface area contributed by atoms with E-state index in [9.17, 15) is 13.2 Å². The Morgan fingerprint density at radius 1 is 1.29 bits per heavy atom. The van der Waals surface area contributed by atoms with Crippen molar-refractivity contribution < 1.29 is 27.2 Å². The largest absolute Gasteiger partial charge is 0.496 e. The molecule has 1 aliphatic rings. The van der Waals surface area contributed by atoms with Crippen LogP contribution in [0.1, 0.15) is 45.4 Å². The van der Waals surface area contributed by atoms with Crippen LogP contribution in [0.3, 0.4) is 0 Å². The smallest absolute Gasteiger partial charge is 0.360 e. The summed E-state index contributed by atoms with van der Waals surface area (Å²) in [6.45, 7) is 7.51. The van der Waals surface area contributed by atoms with E-state index in [0.29, 0.717) is 34.6 Å². The molecule has 0 aliphatic carbocycles. The van der Waals surface area contributed by atoms with E-state index in [1.807, 2.05) is 6.92 Å². The summed E-state index contributed by atoms with van der Waals surface area (Å²) in [6.07, 6.45) is 0.341. The molecule has 0 amide bonds. The van der Waals surface area contributed by atoms with Crippen molar-refractivity contribution in [2.75, 3.05) is 20.3 Å². The molecule has 0 radical (unpaired) electrons. The predicted octanol–water partition coefficient (Wildman–Crippen LogP) is 2.53. The summed E-state index contributed by atoms with van der Waals surface area (Å²) in [5, 5.41) is 3.79. The highest BCUT2D eigenvalue weighted by Gasteiger charge is 2.36. The third kappa shape index (κ3) is 3.29. The lowest BCUT2D eigenvalue weighted by Crippen LogP contribution is -2.37. The van der Waals surface area contributed by atoms with Gasteiger partial charge >= 0.3 is 5.97 Å². The van der Waals surface area contributed by atoms with Crippen molar-refractivity contribution in [1.82, 2.24) is 9.46 Å². The van der Waals surface area contributed by atoms with Gasteiger partial charge in [0.25, 0.3) is 0 Å². The van der Waals surface area contributed by atoms with Crippen LogP contribution in [0, 0.1) is 20.8 Å². The number of ether oxygens (including phenoxy) is 2. The number of aromatic nitrogens is 1. The van der Waals surface area contributed by atoms with Crippen LogP contribution in [0.4, 0.5) is 0 Å². The van der Waals surface area contributed by atoms with Gasteiger partial charge in [0.2, 0.25) is 10.0 Å². The van der Waals surface area contributed by atoms with Gasteiger partial charge in [0.1, 0.15) is 11.5 Å². The average molecular weight is 408 g/mol. The molecule has 152 valence electrons. The van der Waals surface area contributed by atoms with Crippen LogP contribution >= 0.6 is 0 Å². The first-order chi connectivity index (χ1) is 13.2. The van der Waals surface area contributed by atoms with E-state index in [0.717, 1.165) is 5.56 Å². The zero-order chi connectivity index (χ0) is 20.6. The zero-order valence-corrected chi connectivity index (χ0v) is 17.5. The van der Waals surface area contributed by atoms with Crippen LogP contribution < -0.4 is 4.74 Å². The highest BCUT2D eigenvalue weighted by molar-refractivity contribution is 7.89. The van der Waals surface area contributed by atoms with Gasteiger partial charge in [0.15, 0.2) is 5.69 Å². The Bertz CT molecular complexity index is 1030. The Morgan fingerprint density at radius 2 is 2.00 bits per heavy atom. The van der Waals surface area contributed by atoms with Crippen molar-refractivity contribution in [2.24, 2.45) is 0 Å². The van der Waals surface area contributed by atoms with Crippen LogP contribution in [0.15, 0.2) is 15.5 Å². The molecule has 0 saturated carbocycles. The van der Waals surface area contributed by atoms with E-state index in [-0.39, 0.29) is 30.3 Å². The number of carbonyl (C=O) groups is 1. The van der Waals surface area contributed by atoms with Crippen molar-refractivity contribution >= 4 is 16.0 Å². The van der Waals surface area contributed by atoms with Crippen molar-refractivity contribution in [3.05, 3.63) is 39.8 Å². The molecule has 0 bridgehead atoms. The van der Waals surface area contributed by atoms with Crippen molar-refractivity contribution in [3.8, 4) is 5.75 Å². The number of benzene rings is 1. The maximum Gasteiger partial charge on any atom is 0.360 e. The molecule has 0 N–H and O–H groups in total. The molecule has 0 unspecified atom stereocenters. The Labute approximate surface area is 164 Å². The van der Waals surface area contributed by atoms with Gasteiger partial charge in [-0.1, -0.05) is 5.16 Å². The maximum absolute atomic E-state index is 13.4. The first kappa shape index (κ1) is 20.3. The summed E-state index contributed by atoms with van der Waals surface area (Å²) in [5.41, 5.74) is 2.55. The van der Waals surface area contributed by atoms with Crippen LogP contribution in [0.2, 0.25) is 0 Å². The minimum absolute atomic E-state index is 0.0132. The number of fused-ring (bicyclic) bond motifs is 1. The fourth-order valence-electron chi connectivity index (χ4n) is 3.51. The quantitative estimate of drug-likeness (QED) is 0.701. The highest BCUT2D eigenvalue weighted by atomic mass is 32.2. The summed E-state index contributed by atoms with van der Waals surface area (Å²) in [7, 11) is -2.23. The Balaban J connectivity index is 2.01. The number of nitrogens with zero attached hydrogens (tertiary/aromatic N) is 2. The first-order valence-corrected chi connectivity index (χ1v) is 10.5. The molecule has 8 nitrogen and oxygen atoms in total. The molecule has 1 aromatic carbocycles. The number of carbonyl (C=O) groups excluding carboxylic acids is 1. The van der Waals surface area contributed by atoms with Crippen molar-refractivity contribution in [3.63, 3.8) is 0 Å². The highest BCUT2D eigenvalue weighted by Crippen LogP contribution is 2.34. The molecule has 1 aliphatic heterocycles. The second-order valence-corrected chi connectivity index (χ2v) is 8.59. The minimum Gasteiger partial charge on any atom is -0.496 e. The molecule has 0 atom stereocenters. The van der Waals surface area contributed by atoms with Gasteiger partial charge in [-0.3, -0.25) is 0 Å². The molecular formula is C19H24N2O6S. The molecule has 3 rings (SSSR count). The molecule has 2 heterocycles. The third-order valence-electron chi connectivity index (χ3n) is 5.06. The van der Waals surface area contributed by atoms with E-state index in [4.69, 9.17) is 14.0 Å². The number of rotatable bonds is 5. The number of esters is 1. The summed E-state index contributed by atoms with van der Waals surface area (Å²) in [4.78, 5) is 12.4. The van der Waals surface area contributed by atoms with Gasteiger partial charge in [-0.2, -0.15) is 4.31 Å². The second kappa shape index (κ2) is 7.56. The SMILES string of the molecule is CCOC(=O)c1noc2c1CN(S(=O)(=O)c1c(C)cc(OC)c(C)c1C)CC2. The summed E-state index contributed by atoms with van der Waals surface area (Å²) in [5.74, 6) is 0.562. The summed E-state index contributed by atoms with van der Waals surface area (Å²) in [6, 6.07) is 1.73. The van der Waals surface area contributed by atoms with E-state index in [2.05, 4.69) is 5.16 Å². The average Bonchev–Trinajstić information content (AvgIpc) is 3.08. The van der Waals surface area contributed by atoms with E-state index < -0.39 is 16.0 Å². The molecule has 28 heavy (non-hydrogen) atoms. The molecule has 0 fully saturated rings. The van der Waals surface area contributed by atoms with Gasteiger partial charge < -0.3 is 14.0 Å². The van der Waals surface area contributed by atoms with Gasteiger partial charge in [-0.15, -0.1) is 0 Å². The lowest BCUT2D eigenvalue weighted by molar-refractivity contribution is 0.0513. The van der Waals surface area contributed by atoms with Crippen LogP contribution in [0.25, 0.3) is 0 Å². The molecule has 0 spiro atoms. The summed E-state index contributed by atoms with van der Waals surface area (Å²) >= 11 is 0. The van der Waals surface area contributed by atoms with Gasteiger partial charge in [-0.25, -0.2) is 13.2 Å². The second-order valence-electron chi connectivity index (χ2n) is 6.72. The molecule has 0 saturated heterocycles. The summed E-state index contributed by atoms with van der Waals surface area (Å²) < 4.78 is 43.8. The number of sulfonamides is 1. The predicted molar refractivity (Wildman–Crippen MR) is 101 cm³/mol. The third-order valence-corrected chi connectivity index (χ3v) is 7.19. The van der Waals surface area contributed by atoms with Gasteiger partial charge in [0.05, 0.1) is 18.6 Å².